The van der Waals surface area contributed by atoms with Gasteiger partial charge in [0.1, 0.15) is 0 Å². The van der Waals surface area contributed by atoms with E-state index in [1.54, 1.807) is 0 Å². The Bertz CT molecular complexity index is 1140. The van der Waals surface area contributed by atoms with Gasteiger partial charge in [-0.1, -0.05) is 54.6 Å². The van der Waals surface area contributed by atoms with Crippen LogP contribution in [0.1, 0.15) is 12.5 Å². The summed E-state index contributed by atoms with van der Waals surface area (Å²) in [6, 6.07) is 25.2. The van der Waals surface area contributed by atoms with E-state index in [-0.39, 0.29) is 11.8 Å². The number of carbonyl (C=O) groups is 2. The normalized spacial score (nSPS) is 16.0. The summed E-state index contributed by atoms with van der Waals surface area (Å²) in [5, 5.41) is 6.14. The minimum Gasteiger partial charge on any atom is -0.326 e. The molecule has 2 amide bonds. The third-order valence-corrected chi connectivity index (χ3v) is 5.29. The number of amidine groups is 1. The second kappa shape index (κ2) is 8.80. The van der Waals surface area contributed by atoms with Gasteiger partial charge in [0.15, 0.2) is 5.17 Å². The van der Waals surface area contributed by atoms with Crippen LogP contribution < -0.4 is 10.6 Å². The van der Waals surface area contributed by atoms with Crippen molar-refractivity contribution in [3.05, 3.63) is 89.3 Å². The zero-order valence-electron chi connectivity index (χ0n) is 16.3. The number of nitrogens with zero attached hydrogens (tertiary/aromatic N) is 1. The van der Waals surface area contributed by atoms with Gasteiger partial charge in [0, 0.05) is 12.6 Å². The number of benzene rings is 3. The SMILES string of the molecule is CC(=O)Nc1ccc(-c2ccc(C=C3SC(=Nc4ccccc4)NC3=O)cc2)cc1. The van der Waals surface area contributed by atoms with E-state index in [1.807, 2.05) is 84.9 Å². The van der Waals surface area contributed by atoms with Gasteiger partial charge in [-0.05, 0) is 58.8 Å². The number of hydrogen-bond donors (Lipinski definition) is 2. The van der Waals surface area contributed by atoms with E-state index in [2.05, 4.69) is 15.6 Å². The summed E-state index contributed by atoms with van der Waals surface area (Å²) in [5.74, 6) is -0.238. The molecule has 0 spiro atoms. The molecule has 0 aromatic heterocycles. The molecular weight excluding hydrogens is 394 g/mol. The Morgan fingerprint density at radius 1 is 0.933 bits per heavy atom. The van der Waals surface area contributed by atoms with Crippen molar-refractivity contribution in [1.29, 1.82) is 0 Å². The number of nitrogens with one attached hydrogen (secondary N) is 2. The average Bonchev–Trinajstić information content (AvgIpc) is 3.08. The zero-order chi connectivity index (χ0) is 20.9. The van der Waals surface area contributed by atoms with Crippen LogP contribution in [-0.2, 0) is 9.59 Å². The number of amides is 2. The standard InChI is InChI=1S/C24H19N3O2S/c1-16(28)25-21-13-11-19(12-14-21)18-9-7-17(8-10-18)15-22-23(29)27-24(30-22)26-20-5-3-2-4-6-20/h2-15H,1H3,(H,25,28)(H,26,27,29). The fourth-order valence-electron chi connectivity index (χ4n) is 2.97. The van der Waals surface area contributed by atoms with E-state index in [0.29, 0.717) is 10.1 Å². The van der Waals surface area contributed by atoms with Crippen molar-refractivity contribution < 1.29 is 9.59 Å². The van der Waals surface area contributed by atoms with Crippen LogP contribution in [0.4, 0.5) is 11.4 Å². The molecule has 4 rings (SSSR count). The molecular formula is C24H19N3O2S. The van der Waals surface area contributed by atoms with E-state index in [4.69, 9.17) is 0 Å². The number of rotatable bonds is 4. The van der Waals surface area contributed by atoms with Gasteiger partial charge in [-0.15, -0.1) is 0 Å². The Morgan fingerprint density at radius 3 is 2.20 bits per heavy atom. The molecule has 1 fully saturated rings. The third kappa shape index (κ3) is 4.85. The molecule has 0 saturated carbocycles. The lowest BCUT2D eigenvalue weighted by atomic mass is 10.0. The molecule has 0 unspecified atom stereocenters. The maximum absolute atomic E-state index is 12.3. The largest absolute Gasteiger partial charge is 0.326 e. The van der Waals surface area contributed by atoms with Crippen molar-refractivity contribution in [2.24, 2.45) is 4.99 Å². The summed E-state index contributed by atoms with van der Waals surface area (Å²) in [5.41, 5.74) is 4.61. The Hall–Kier alpha value is -3.64. The third-order valence-electron chi connectivity index (χ3n) is 4.38. The van der Waals surface area contributed by atoms with Gasteiger partial charge in [-0.25, -0.2) is 4.99 Å². The molecule has 2 N–H and O–H groups in total. The highest BCUT2D eigenvalue weighted by molar-refractivity contribution is 8.18. The molecule has 3 aromatic rings. The molecule has 5 nitrogen and oxygen atoms in total. The molecule has 1 heterocycles. The van der Waals surface area contributed by atoms with Crippen molar-refractivity contribution in [2.45, 2.75) is 6.92 Å². The smallest absolute Gasteiger partial charge is 0.264 e. The Kier molecular flexibility index (Phi) is 5.77. The minimum atomic E-state index is -0.146. The van der Waals surface area contributed by atoms with Crippen LogP contribution in [0.5, 0.6) is 0 Å². The van der Waals surface area contributed by atoms with Crippen LogP contribution in [0.25, 0.3) is 17.2 Å². The Morgan fingerprint density at radius 2 is 1.57 bits per heavy atom. The first-order valence-electron chi connectivity index (χ1n) is 9.39. The summed E-state index contributed by atoms with van der Waals surface area (Å²) < 4.78 is 0. The van der Waals surface area contributed by atoms with Gasteiger partial charge in [-0.2, -0.15) is 0 Å². The predicted molar refractivity (Wildman–Crippen MR) is 123 cm³/mol. The van der Waals surface area contributed by atoms with Gasteiger partial charge in [0.25, 0.3) is 5.91 Å². The van der Waals surface area contributed by atoms with Gasteiger partial charge < -0.3 is 10.6 Å². The summed E-state index contributed by atoms with van der Waals surface area (Å²) in [7, 11) is 0. The number of thioether (sulfide) groups is 1. The lowest BCUT2D eigenvalue weighted by molar-refractivity contribution is -0.115. The van der Waals surface area contributed by atoms with E-state index >= 15 is 0 Å². The summed E-state index contributed by atoms with van der Waals surface area (Å²) >= 11 is 1.33. The molecule has 0 radical (unpaired) electrons. The minimum absolute atomic E-state index is 0.0917. The monoisotopic (exact) mass is 413 g/mol. The molecule has 30 heavy (non-hydrogen) atoms. The zero-order valence-corrected chi connectivity index (χ0v) is 17.1. The summed E-state index contributed by atoms with van der Waals surface area (Å²) in [4.78, 5) is 28.5. The lowest BCUT2D eigenvalue weighted by Gasteiger charge is -2.05. The molecule has 148 valence electrons. The second-order valence-electron chi connectivity index (χ2n) is 6.70. The summed E-state index contributed by atoms with van der Waals surface area (Å²) in [6.07, 6.45) is 1.86. The van der Waals surface area contributed by atoms with E-state index in [0.717, 1.165) is 28.1 Å². The molecule has 0 aliphatic carbocycles. The van der Waals surface area contributed by atoms with Gasteiger partial charge in [0.2, 0.25) is 5.91 Å². The number of para-hydroxylation sites is 1. The molecule has 0 bridgehead atoms. The van der Waals surface area contributed by atoms with Crippen LogP contribution in [0, 0.1) is 0 Å². The van der Waals surface area contributed by atoms with E-state index in [1.165, 1.54) is 18.7 Å². The fraction of sp³-hybridized carbons (Fsp3) is 0.0417. The molecule has 3 aromatic carbocycles. The average molecular weight is 414 g/mol. The van der Waals surface area contributed by atoms with Gasteiger partial charge in [-0.3, -0.25) is 9.59 Å². The highest BCUT2D eigenvalue weighted by Crippen LogP contribution is 2.29. The Labute approximate surface area is 178 Å². The first-order valence-corrected chi connectivity index (χ1v) is 10.2. The van der Waals surface area contributed by atoms with Gasteiger partial charge >= 0.3 is 0 Å². The molecule has 1 aliphatic heterocycles. The van der Waals surface area contributed by atoms with Crippen molar-refractivity contribution in [3.8, 4) is 11.1 Å². The predicted octanol–water partition coefficient (Wildman–Crippen LogP) is 5.20. The van der Waals surface area contributed by atoms with Gasteiger partial charge in [0.05, 0.1) is 10.6 Å². The quantitative estimate of drug-likeness (QED) is 0.577. The molecule has 0 atom stereocenters. The topological polar surface area (TPSA) is 70.6 Å². The van der Waals surface area contributed by atoms with Crippen molar-refractivity contribution in [2.75, 3.05) is 5.32 Å². The maximum atomic E-state index is 12.3. The summed E-state index contributed by atoms with van der Waals surface area (Å²) in [6.45, 7) is 1.49. The number of carbonyl (C=O) groups excluding carboxylic acids is 2. The number of anilines is 1. The van der Waals surface area contributed by atoms with Crippen molar-refractivity contribution >= 4 is 46.2 Å². The van der Waals surface area contributed by atoms with E-state index in [9.17, 15) is 9.59 Å². The molecule has 6 heteroatoms. The molecule has 1 saturated heterocycles. The highest BCUT2D eigenvalue weighted by atomic mass is 32.2. The second-order valence-corrected chi connectivity index (χ2v) is 7.73. The fourth-order valence-corrected chi connectivity index (χ4v) is 3.81. The van der Waals surface area contributed by atoms with Crippen LogP contribution >= 0.6 is 11.8 Å². The number of aliphatic imine (C=N–C) groups is 1. The van der Waals surface area contributed by atoms with Crippen LogP contribution in [0.15, 0.2) is 88.8 Å². The van der Waals surface area contributed by atoms with Crippen LogP contribution in [-0.4, -0.2) is 17.0 Å². The van der Waals surface area contributed by atoms with Crippen molar-refractivity contribution in [1.82, 2.24) is 5.32 Å². The van der Waals surface area contributed by atoms with Crippen LogP contribution in [0.3, 0.4) is 0 Å². The lowest BCUT2D eigenvalue weighted by Crippen LogP contribution is -2.19. The first kappa shape index (κ1) is 19.7. The van der Waals surface area contributed by atoms with Crippen molar-refractivity contribution in [3.63, 3.8) is 0 Å². The molecule has 1 aliphatic rings. The Balaban J connectivity index is 1.48. The maximum Gasteiger partial charge on any atom is 0.264 e. The first-order chi connectivity index (χ1) is 14.6. The number of hydrogen-bond acceptors (Lipinski definition) is 4. The highest BCUT2D eigenvalue weighted by Gasteiger charge is 2.23. The van der Waals surface area contributed by atoms with E-state index < -0.39 is 0 Å². The van der Waals surface area contributed by atoms with Crippen LogP contribution in [0.2, 0.25) is 0 Å².